The van der Waals surface area contributed by atoms with Crippen LogP contribution < -0.4 is 4.74 Å². The molecule has 0 saturated heterocycles. The van der Waals surface area contributed by atoms with E-state index in [0.29, 0.717) is 22.4 Å². The normalized spacial score (nSPS) is 10.7. The number of rotatable bonds is 6. The fourth-order valence-corrected chi connectivity index (χ4v) is 2.97. The van der Waals surface area contributed by atoms with E-state index in [4.69, 9.17) is 9.15 Å². The number of esters is 1. The van der Waals surface area contributed by atoms with Crippen LogP contribution in [0.4, 0.5) is 0 Å². The zero-order chi connectivity index (χ0) is 17.8. The maximum atomic E-state index is 11.4. The Balaban J connectivity index is 1.80. The monoisotopic (exact) mass is 360 g/mol. The van der Waals surface area contributed by atoms with Gasteiger partial charge in [-0.25, -0.2) is 4.79 Å². The largest absolute Gasteiger partial charge is 0.494 e. The van der Waals surface area contributed by atoms with Crippen LogP contribution in [0, 0.1) is 6.92 Å². The third-order valence-electron chi connectivity index (χ3n) is 3.40. The van der Waals surface area contributed by atoms with Crippen molar-refractivity contribution in [3.63, 3.8) is 0 Å². The molecule has 9 heteroatoms. The van der Waals surface area contributed by atoms with Crippen molar-refractivity contribution >= 4 is 17.7 Å². The first-order valence-electron chi connectivity index (χ1n) is 7.35. The fourth-order valence-electron chi connectivity index (χ4n) is 2.19. The van der Waals surface area contributed by atoms with E-state index < -0.39 is 5.97 Å². The second-order valence-corrected chi connectivity index (χ2v) is 6.04. The number of carbonyl (C=O) groups is 1. The summed E-state index contributed by atoms with van der Waals surface area (Å²) in [4.78, 5) is 11.4. The van der Waals surface area contributed by atoms with Crippen LogP contribution in [0.5, 0.6) is 5.75 Å². The van der Waals surface area contributed by atoms with E-state index in [1.807, 2.05) is 25.1 Å². The molecule has 3 rings (SSSR count). The minimum absolute atomic E-state index is 0.165. The van der Waals surface area contributed by atoms with Crippen molar-refractivity contribution in [1.29, 1.82) is 0 Å². The number of furan rings is 1. The molecule has 8 nitrogen and oxygen atoms in total. The number of hydrogen-bond acceptors (Lipinski definition) is 8. The van der Waals surface area contributed by atoms with E-state index in [1.54, 1.807) is 23.9 Å². The molecule has 130 valence electrons. The molecule has 0 aliphatic heterocycles. The summed E-state index contributed by atoms with van der Waals surface area (Å²) in [5.41, 5.74) is 1.82. The number of aromatic nitrogens is 4. The SMILES string of the molecule is COC(=O)c1ccc(CSc2nnnn2-c2cc(C)ccc2OC)o1. The fraction of sp³-hybridized carbons (Fsp3) is 0.250. The molecule has 0 N–H and O–H groups in total. The lowest BCUT2D eigenvalue weighted by Gasteiger charge is -2.10. The smallest absolute Gasteiger partial charge is 0.373 e. The van der Waals surface area contributed by atoms with Crippen molar-refractivity contribution in [2.24, 2.45) is 0 Å². The van der Waals surface area contributed by atoms with Gasteiger partial charge in [0.05, 0.1) is 20.0 Å². The summed E-state index contributed by atoms with van der Waals surface area (Å²) in [6, 6.07) is 9.07. The highest BCUT2D eigenvalue weighted by Crippen LogP contribution is 2.28. The van der Waals surface area contributed by atoms with Gasteiger partial charge in [0, 0.05) is 0 Å². The maximum absolute atomic E-state index is 11.4. The van der Waals surface area contributed by atoms with Crippen LogP contribution in [0.2, 0.25) is 0 Å². The van der Waals surface area contributed by atoms with Crippen molar-refractivity contribution in [2.75, 3.05) is 14.2 Å². The minimum Gasteiger partial charge on any atom is -0.494 e. The topological polar surface area (TPSA) is 92.3 Å². The molecule has 1 aromatic carbocycles. The Kier molecular flexibility index (Phi) is 5.03. The van der Waals surface area contributed by atoms with Crippen LogP contribution in [0.15, 0.2) is 39.9 Å². The highest BCUT2D eigenvalue weighted by Gasteiger charge is 2.16. The second kappa shape index (κ2) is 7.39. The van der Waals surface area contributed by atoms with Gasteiger partial charge in [0.15, 0.2) is 0 Å². The van der Waals surface area contributed by atoms with E-state index in [-0.39, 0.29) is 5.76 Å². The Morgan fingerprint density at radius 3 is 2.88 bits per heavy atom. The van der Waals surface area contributed by atoms with E-state index in [9.17, 15) is 4.79 Å². The molecule has 25 heavy (non-hydrogen) atoms. The first-order valence-corrected chi connectivity index (χ1v) is 8.34. The second-order valence-electron chi connectivity index (χ2n) is 5.09. The third-order valence-corrected chi connectivity index (χ3v) is 4.34. The van der Waals surface area contributed by atoms with Gasteiger partial charge in [0.1, 0.15) is 17.2 Å². The summed E-state index contributed by atoms with van der Waals surface area (Å²) in [5, 5.41) is 12.4. The van der Waals surface area contributed by atoms with Crippen molar-refractivity contribution in [3.05, 3.63) is 47.4 Å². The molecule has 0 radical (unpaired) electrons. The Bertz CT molecular complexity index is 890. The molecule has 2 aromatic heterocycles. The van der Waals surface area contributed by atoms with Crippen LogP contribution in [-0.2, 0) is 10.5 Å². The standard InChI is InChI=1S/C16H16N4O4S/c1-10-4-6-13(22-2)12(8-10)20-16(17-18-19-20)25-9-11-5-7-14(24-11)15(21)23-3/h4-8H,9H2,1-3H3. The summed E-state index contributed by atoms with van der Waals surface area (Å²) in [6.45, 7) is 1.98. The number of thioether (sulfide) groups is 1. The van der Waals surface area contributed by atoms with Crippen LogP contribution >= 0.6 is 11.8 Å². The molecule has 0 amide bonds. The summed E-state index contributed by atoms with van der Waals surface area (Å²) in [7, 11) is 2.91. The van der Waals surface area contributed by atoms with Gasteiger partial charge < -0.3 is 13.9 Å². The maximum Gasteiger partial charge on any atom is 0.373 e. The molecule has 0 bridgehead atoms. The molecular formula is C16H16N4O4S. The molecule has 0 unspecified atom stereocenters. The van der Waals surface area contributed by atoms with Gasteiger partial charge in [-0.15, -0.1) is 5.10 Å². The third kappa shape index (κ3) is 3.66. The quantitative estimate of drug-likeness (QED) is 0.489. The van der Waals surface area contributed by atoms with Gasteiger partial charge in [-0.2, -0.15) is 4.68 Å². The number of aryl methyl sites for hydroxylation is 1. The van der Waals surface area contributed by atoms with Crippen molar-refractivity contribution in [2.45, 2.75) is 17.8 Å². The number of carbonyl (C=O) groups excluding carboxylic acids is 1. The molecule has 0 spiro atoms. The zero-order valence-electron chi connectivity index (χ0n) is 13.9. The lowest BCUT2D eigenvalue weighted by molar-refractivity contribution is 0.0563. The average molecular weight is 360 g/mol. The Hall–Kier alpha value is -2.81. The molecule has 0 fully saturated rings. The summed E-state index contributed by atoms with van der Waals surface area (Å²) >= 11 is 1.38. The molecule has 3 aromatic rings. The number of tetrazole rings is 1. The van der Waals surface area contributed by atoms with E-state index in [2.05, 4.69) is 20.3 Å². The Labute approximate surface area is 148 Å². The predicted octanol–water partition coefficient (Wildman–Crippen LogP) is 2.65. The number of nitrogens with zero attached hydrogens (tertiary/aromatic N) is 4. The van der Waals surface area contributed by atoms with Gasteiger partial charge in [-0.1, -0.05) is 17.8 Å². The molecule has 2 heterocycles. The molecule has 0 saturated carbocycles. The number of benzene rings is 1. The van der Waals surface area contributed by atoms with Crippen molar-refractivity contribution in [1.82, 2.24) is 20.2 Å². The minimum atomic E-state index is -0.509. The molecule has 0 atom stereocenters. The average Bonchev–Trinajstić information content (AvgIpc) is 3.28. The predicted molar refractivity (Wildman–Crippen MR) is 90.1 cm³/mol. The lowest BCUT2D eigenvalue weighted by Crippen LogP contribution is -2.02. The zero-order valence-corrected chi connectivity index (χ0v) is 14.7. The van der Waals surface area contributed by atoms with Crippen LogP contribution in [0.25, 0.3) is 5.69 Å². The van der Waals surface area contributed by atoms with Gasteiger partial charge in [0.25, 0.3) is 0 Å². The van der Waals surface area contributed by atoms with Gasteiger partial charge >= 0.3 is 5.97 Å². The van der Waals surface area contributed by atoms with Gasteiger partial charge in [-0.3, -0.25) is 0 Å². The van der Waals surface area contributed by atoms with Gasteiger partial charge in [0.2, 0.25) is 10.9 Å². The summed E-state index contributed by atoms with van der Waals surface area (Å²) in [6.07, 6.45) is 0. The van der Waals surface area contributed by atoms with Crippen molar-refractivity contribution in [3.8, 4) is 11.4 Å². The van der Waals surface area contributed by atoms with Crippen LogP contribution in [0.1, 0.15) is 21.9 Å². The number of ether oxygens (including phenoxy) is 2. The van der Waals surface area contributed by atoms with Crippen LogP contribution in [-0.4, -0.2) is 40.4 Å². The Morgan fingerprint density at radius 2 is 2.12 bits per heavy atom. The molecule has 0 aliphatic carbocycles. The lowest BCUT2D eigenvalue weighted by atomic mass is 10.2. The van der Waals surface area contributed by atoms with E-state index in [0.717, 1.165) is 11.3 Å². The molecule has 0 aliphatic rings. The summed E-state index contributed by atoms with van der Waals surface area (Å²) in [5.74, 6) is 1.41. The van der Waals surface area contributed by atoms with Gasteiger partial charge in [-0.05, 0) is 47.2 Å². The van der Waals surface area contributed by atoms with E-state index >= 15 is 0 Å². The van der Waals surface area contributed by atoms with E-state index in [1.165, 1.54) is 18.9 Å². The molecular weight excluding hydrogens is 344 g/mol. The van der Waals surface area contributed by atoms with Crippen molar-refractivity contribution < 1.29 is 18.7 Å². The Morgan fingerprint density at radius 1 is 1.28 bits per heavy atom. The number of methoxy groups -OCH3 is 2. The first kappa shape index (κ1) is 17.0. The van der Waals surface area contributed by atoms with Crippen LogP contribution in [0.3, 0.4) is 0 Å². The highest BCUT2D eigenvalue weighted by atomic mass is 32.2. The highest BCUT2D eigenvalue weighted by molar-refractivity contribution is 7.98. The summed E-state index contributed by atoms with van der Waals surface area (Å²) < 4.78 is 17.1. The first-order chi connectivity index (χ1) is 12.1. The number of hydrogen-bond donors (Lipinski definition) is 0.